The van der Waals surface area contributed by atoms with E-state index in [-0.39, 0.29) is 24.6 Å². The molecule has 2 fully saturated rings. The van der Waals surface area contributed by atoms with Crippen LogP contribution in [-0.2, 0) is 16.2 Å². The van der Waals surface area contributed by atoms with Gasteiger partial charge in [0.05, 0.1) is 16.6 Å². The second-order valence-corrected chi connectivity index (χ2v) is 11.1. The van der Waals surface area contributed by atoms with Gasteiger partial charge in [-0.25, -0.2) is 8.42 Å². The Morgan fingerprint density at radius 3 is 2.15 bits per heavy atom. The summed E-state index contributed by atoms with van der Waals surface area (Å²) in [5.74, 6) is 0.820. The van der Waals surface area contributed by atoms with Crippen molar-refractivity contribution >= 4 is 15.7 Å². The maximum absolute atomic E-state index is 13.4. The number of hydrogen-bond acceptors (Lipinski definition) is 4. The topological polar surface area (TPSA) is 49.9 Å². The van der Waals surface area contributed by atoms with Crippen molar-refractivity contribution in [2.24, 2.45) is 5.41 Å². The van der Waals surface area contributed by atoms with Crippen molar-refractivity contribution in [2.75, 3.05) is 31.1 Å². The van der Waals surface area contributed by atoms with Gasteiger partial charge in [0, 0.05) is 31.9 Å². The van der Waals surface area contributed by atoms with E-state index >= 15 is 0 Å². The Kier molecular flexibility index (Phi) is 6.39. The van der Waals surface area contributed by atoms with E-state index in [1.54, 1.807) is 0 Å². The second kappa shape index (κ2) is 8.83. The van der Waals surface area contributed by atoms with Crippen LogP contribution in [0.25, 0.3) is 0 Å². The summed E-state index contributed by atoms with van der Waals surface area (Å²) in [6, 6.07) is 12.4. The van der Waals surface area contributed by atoms with Crippen molar-refractivity contribution in [3.05, 3.63) is 54.1 Å². The summed E-state index contributed by atoms with van der Waals surface area (Å²) >= 11 is 0. The molecule has 4 rings (SSSR count). The van der Waals surface area contributed by atoms with E-state index in [1.165, 1.54) is 16.4 Å². The Morgan fingerprint density at radius 2 is 1.55 bits per heavy atom. The number of halogens is 3. The average Bonchev–Trinajstić information content (AvgIpc) is 3.17. The monoisotopic (exact) mass is 482 g/mol. The first-order valence-corrected chi connectivity index (χ1v) is 12.6. The van der Waals surface area contributed by atoms with E-state index in [1.807, 2.05) is 38.1 Å². The zero-order valence-corrected chi connectivity index (χ0v) is 19.6. The van der Waals surface area contributed by atoms with E-state index in [0.717, 1.165) is 43.1 Å². The van der Waals surface area contributed by atoms with Crippen LogP contribution in [0.1, 0.15) is 38.7 Å². The molecule has 1 spiro atoms. The van der Waals surface area contributed by atoms with E-state index in [2.05, 4.69) is 4.90 Å². The molecule has 0 amide bonds. The van der Waals surface area contributed by atoms with Crippen molar-refractivity contribution in [2.45, 2.75) is 50.3 Å². The Labute approximate surface area is 193 Å². The molecule has 180 valence electrons. The lowest BCUT2D eigenvalue weighted by Crippen LogP contribution is -2.44. The molecule has 0 radical (unpaired) electrons. The van der Waals surface area contributed by atoms with Crippen molar-refractivity contribution < 1.29 is 26.3 Å². The maximum atomic E-state index is 13.4. The van der Waals surface area contributed by atoms with Crippen molar-refractivity contribution in [1.82, 2.24) is 4.31 Å². The molecule has 2 aromatic carbocycles. The van der Waals surface area contributed by atoms with Gasteiger partial charge in [0.1, 0.15) is 5.75 Å². The predicted octanol–water partition coefficient (Wildman–Crippen LogP) is 5.17. The molecule has 2 aromatic rings. The quantitative estimate of drug-likeness (QED) is 0.590. The third kappa shape index (κ3) is 4.99. The lowest BCUT2D eigenvalue weighted by Gasteiger charge is -2.39. The second-order valence-electron chi connectivity index (χ2n) is 9.23. The fourth-order valence-corrected chi connectivity index (χ4v) is 6.49. The fourth-order valence-electron chi connectivity index (χ4n) is 4.84. The van der Waals surface area contributed by atoms with Crippen LogP contribution in [0.3, 0.4) is 0 Å². The molecule has 0 aliphatic carbocycles. The standard InChI is InChI=1S/C24H29F3N2O3S/c1-18(2)32-20-9-7-19(8-10-20)28-14-11-23(17-28)12-15-29(16-13-23)33(30,31)22-6-4-3-5-21(22)24(25,26)27/h3-10,18H,11-17H2,1-2H3. The molecule has 5 nitrogen and oxygen atoms in total. The smallest absolute Gasteiger partial charge is 0.417 e. The largest absolute Gasteiger partial charge is 0.491 e. The summed E-state index contributed by atoms with van der Waals surface area (Å²) in [7, 11) is -4.22. The highest BCUT2D eigenvalue weighted by Crippen LogP contribution is 2.44. The molecule has 2 aliphatic heterocycles. The molecule has 0 unspecified atom stereocenters. The third-order valence-corrected chi connectivity index (χ3v) is 8.56. The van der Waals surface area contributed by atoms with Gasteiger partial charge < -0.3 is 9.64 Å². The normalized spacial score (nSPS) is 19.4. The van der Waals surface area contributed by atoms with E-state index in [0.29, 0.717) is 12.8 Å². The van der Waals surface area contributed by atoms with Gasteiger partial charge in [-0.3, -0.25) is 0 Å². The van der Waals surface area contributed by atoms with Gasteiger partial charge in [-0.2, -0.15) is 17.5 Å². The van der Waals surface area contributed by atoms with Crippen LogP contribution in [0, 0.1) is 5.41 Å². The number of benzene rings is 2. The van der Waals surface area contributed by atoms with Gasteiger partial charge >= 0.3 is 6.18 Å². The Bertz CT molecular complexity index is 1080. The highest BCUT2D eigenvalue weighted by atomic mass is 32.2. The molecule has 0 atom stereocenters. The van der Waals surface area contributed by atoms with Crippen LogP contribution in [0.15, 0.2) is 53.4 Å². The van der Waals surface area contributed by atoms with Gasteiger partial charge in [-0.15, -0.1) is 0 Å². The SMILES string of the molecule is CC(C)Oc1ccc(N2CCC3(CCN(S(=O)(=O)c4ccccc4C(F)(F)F)CC3)C2)cc1. The zero-order valence-electron chi connectivity index (χ0n) is 18.8. The molecule has 0 aromatic heterocycles. The minimum Gasteiger partial charge on any atom is -0.491 e. The molecule has 2 heterocycles. The average molecular weight is 483 g/mol. The van der Waals surface area contributed by atoms with Gasteiger partial charge in [-0.05, 0) is 74.9 Å². The first-order chi connectivity index (χ1) is 15.5. The molecule has 0 saturated carbocycles. The Balaban J connectivity index is 1.43. The Hall–Kier alpha value is -2.26. The number of hydrogen-bond donors (Lipinski definition) is 0. The van der Waals surface area contributed by atoms with Gasteiger partial charge in [-0.1, -0.05) is 12.1 Å². The number of ether oxygens (including phenoxy) is 1. The molecule has 2 saturated heterocycles. The summed E-state index contributed by atoms with van der Waals surface area (Å²) < 4.78 is 73.2. The van der Waals surface area contributed by atoms with Gasteiger partial charge in [0.15, 0.2) is 0 Å². The summed E-state index contributed by atoms with van der Waals surface area (Å²) in [5, 5.41) is 0. The molecule has 33 heavy (non-hydrogen) atoms. The van der Waals surface area contributed by atoms with Crippen LogP contribution < -0.4 is 9.64 Å². The highest BCUT2D eigenvalue weighted by molar-refractivity contribution is 7.89. The Morgan fingerprint density at radius 1 is 0.939 bits per heavy atom. The molecule has 9 heteroatoms. The molecule has 0 bridgehead atoms. The van der Waals surface area contributed by atoms with Crippen LogP contribution >= 0.6 is 0 Å². The van der Waals surface area contributed by atoms with Crippen molar-refractivity contribution in [1.29, 1.82) is 0 Å². The maximum Gasteiger partial charge on any atom is 0.417 e. The number of rotatable bonds is 5. The minimum absolute atomic E-state index is 0.0251. The minimum atomic E-state index is -4.72. The van der Waals surface area contributed by atoms with Crippen LogP contribution in [-0.4, -0.2) is 45.0 Å². The molecular weight excluding hydrogens is 453 g/mol. The van der Waals surface area contributed by atoms with Gasteiger partial charge in [0.25, 0.3) is 0 Å². The first-order valence-electron chi connectivity index (χ1n) is 11.2. The van der Waals surface area contributed by atoms with Crippen LogP contribution in [0.4, 0.5) is 18.9 Å². The zero-order chi connectivity index (χ0) is 23.9. The third-order valence-electron chi connectivity index (χ3n) is 6.61. The fraction of sp³-hybridized carbons (Fsp3) is 0.500. The number of piperidine rings is 1. The van der Waals surface area contributed by atoms with Gasteiger partial charge in [0.2, 0.25) is 10.0 Å². The number of anilines is 1. The number of nitrogens with zero attached hydrogens (tertiary/aromatic N) is 2. The predicted molar refractivity (Wildman–Crippen MR) is 121 cm³/mol. The lowest BCUT2D eigenvalue weighted by molar-refractivity contribution is -0.139. The summed E-state index contributed by atoms with van der Waals surface area (Å²) in [4.78, 5) is 1.63. The summed E-state index contributed by atoms with van der Waals surface area (Å²) in [6.45, 7) is 6.09. The van der Waals surface area contributed by atoms with Crippen LogP contribution in [0.5, 0.6) is 5.75 Å². The molecule has 0 N–H and O–H groups in total. The summed E-state index contributed by atoms with van der Waals surface area (Å²) in [5.41, 5.74) is -0.0396. The molecular formula is C24H29F3N2O3S. The highest BCUT2D eigenvalue weighted by Gasteiger charge is 2.45. The first kappa shape index (κ1) is 23.9. The van der Waals surface area contributed by atoms with Crippen molar-refractivity contribution in [3.8, 4) is 5.75 Å². The molecule has 2 aliphatic rings. The van der Waals surface area contributed by atoms with E-state index in [4.69, 9.17) is 4.74 Å². The van der Waals surface area contributed by atoms with E-state index < -0.39 is 26.7 Å². The van der Waals surface area contributed by atoms with Crippen molar-refractivity contribution in [3.63, 3.8) is 0 Å². The van der Waals surface area contributed by atoms with Crippen LogP contribution in [0.2, 0.25) is 0 Å². The lowest BCUT2D eigenvalue weighted by atomic mass is 9.78. The van der Waals surface area contributed by atoms with E-state index in [9.17, 15) is 21.6 Å². The summed E-state index contributed by atoms with van der Waals surface area (Å²) in [6.07, 6.45) is -2.42. The number of sulfonamides is 1. The number of alkyl halides is 3.